The van der Waals surface area contributed by atoms with Crippen molar-refractivity contribution in [3.05, 3.63) is 41.7 Å². The zero-order valence-electron chi connectivity index (χ0n) is 10.3. The van der Waals surface area contributed by atoms with Crippen molar-refractivity contribution in [2.75, 3.05) is 0 Å². The molecule has 0 aliphatic heterocycles. The number of nitrogens with two attached hydrogens (primary N) is 1. The summed E-state index contributed by atoms with van der Waals surface area (Å²) in [4.78, 5) is 3.99. The highest BCUT2D eigenvalue weighted by atomic mass is 19.1. The van der Waals surface area contributed by atoms with E-state index in [-0.39, 0.29) is 18.4 Å². The van der Waals surface area contributed by atoms with Crippen LogP contribution in [0.4, 0.5) is 4.39 Å². The zero-order chi connectivity index (χ0) is 13.1. The van der Waals surface area contributed by atoms with Gasteiger partial charge in [0.05, 0.1) is 0 Å². The van der Waals surface area contributed by atoms with E-state index in [2.05, 4.69) is 10.1 Å². The van der Waals surface area contributed by atoms with E-state index >= 15 is 0 Å². The maximum atomic E-state index is 13.7. The molecule has 1 aromatic heterocycles. The molecule has 96 valence electrons. The Bertz CT molecular complexity index is 539. The number of halogens is 1. The van der Waals surface area contributed by atoms with Crippen LogP contribution in [0.2, 0.25) is 0 Å². The summed E-state index contributed by atoms with van der Waals surface area (Å²) < 4.78 is 20.7. The third-order valence-corrected chi connectivity index (χ3v) is 2.64. The molecule has 0 aliphatic carbocycles. The molecule has 2 rings (SSSR count). The molecule has 1 aromatic carbocycles. The van der Waals surface area contributed by atoms with Crippen molar-refractivity contribution in [2.24, 2.45) is 12.8 Å². The number of hydrogen-bond donors (Lipinski definition) is 1. The quantitative estimate of drug-likeness (QED) is 0.894. The lowest BCUT2D eigenvalue weighted by atomic mass is 10.1. The van der Waals surface area contributed by atoms with E-state index in [0.29, 0.717) is 5.82 Å². The summed E-state index contributed by atoms with van der Waals surface area (Å²) in [6, 6.07) is 4.51. The average molecular weight is 250 g/mol. The van der Waals surface area contributed by atoms with Crippen molar-refractivity contribution in [3.63, 3.8) is 0 Å². The molecule has 0 saturated heterocycles. The Morgan fingerprint density at radius 3 is 2.83 bits per heavy atom. The molecule has 18 heavy (non-hydrogen) atoms. The van der Waals surface area contributed by atoms with E-state index in [0.717, 1.165) is 5.56 Å². The third-order valence-electron chi connectivity index (χ3n) is 2.64. The second kappa shape index (κ2) is 5.14. The van der Waals surface area contributed by atoms with Gasteiger partial charge >= 0.3 is 0 Å². The van der Waals surface area contributed by atoms with Crippen LogP contribution in [-0.2, 0) is 13.7 Å². The standard InChI is InChI=1S/C12H15FN4O/c1-8(14)9-3-4-11(10(13)5-9)18-6-12-15-7-16-17(12)2/h3-5,7-8H,6,14H2,1-2H3/t8-/m0/s1. The van der Waals surface area contributed by atoms with Gasteiger partial charge in [0, 0.05) is 13.1 Å². The predicted molar refractivity (Wildman–Crippen MR) is 64.3 cm³/mol. The molecule has 0 bridgehead atoms. The predicted octanol–water partition coefficient (Wildman–Crippen LogP) is 1.55. The Morgan fingerprint density at radius 1 is 1.50 bits per heavy atom. The largest absolute Gasteiger partial charge is 0.483 e. The van der Waals surface area contributed by atoms with E-state index in [1.165, 1.54) is 12.4 Å². The van der Waals surface area contributed by atoms with E-state index < -0.39 is 5.82 Å². The molecule has 0 amide bonds. The molecule has 2 aromatic rings. The fourth-order valence-electron chi connectivity index (χ4n) is 1.51. The minimum Gasteiger partial charge on any atom is -0.483 e. The number of hydrogen-bond acceptors (Lipinski definition) is 4. The van der Waals surface area contributed by atoms with Gasteiger partial charge in [0.25, 0.3) is 0 Å². The van der Waals surface area contributed by atoms with Gasteiger partial charge in [-0.1, -0.05) is 6.07 Å². The number of aryl methyl sites for hydroxylation is 1. The second-order valence-electron chi connectivity index (χ2n) is 4.07. The van der Waals surface area contributed by atoms with Gasteiger partial charge in [0.15, 0.2) is 17.4 Å². The Hall–Kier alpha value is -1.95. The first kappa shape index (κ1) is 12.5. The van der Waals surface area contributed by atoms with Gasteiger partial charge in [-0.25, -0.2) is 9.37 Å². The molecular formula is C12H15FN4O. The minimum absolute atomic E-state index is 0.172. The average Bonchev–Trinajstić information content (AvgIpc) is 2.73. The normalized spacial score (nSPS) is 12.4. The Balaban J connectivity index is 2.08. The van der Waals surface area contributed by atoms with Crippen LogP contribution in [0.15, 0.2) is 24.5 Å². The topological polar surface area (TPSA) is 66.0 Å². The second-order valence-corrected chi connectivity index (χ2v) is 4.07. The van der Waals surface area contributed by atoms with Gasteiger partial charge < -0.3 is 10.5 Å². The lowest BCUT2D eigenvalue weighted by Crippen LogP contribution is -2.07. The van der Waals surface area contributed by atoms with Crippen LogP contribution in [0, 0.1) is 5.82 Å². The molecule has 0 spiro atoms. The number of nitrogens with zero attached hydrogens (tertiary/aromatic N) is 3. The molecule has 0 saturated carbocycles. The van der Waals surface area contributed by atoms with E-state index in [4.69, 9.17) is 10.5 Å². The molecule has 1 heterocycles. The molecule has 0 fully saturated rings. The third kappa shape index (κ3) is 2.65. The number of ether oxygens (including phenoxy) is 1. The highest BCUT2D eigenvalue weighted by molar-refractivity contribution is 5.30. The van der Waals surface area contributed by atoms with Crippen LogP contribution in [-0.4, -0.2) is 14.8 Å². The van der Waals surface area contributed by atoms with E-state index in [1.807, 2.05) is 0 Å². The highest BCUT2D eigenvalue weighted by Crippen LogP contribution is 2.21. The first-order valence-electron chi connectivity index (χ1n) is 5.58. The van der Waals surface area contributed by atoms with Crippen molar-refractivity contribution >= 4 is 0 Å². The Morgan fingerprint density at radius 2 is 2.28 bits per heavy atom. The molecule has 0 radical (unpaired) electrons. The van der Waals surface area contributed by atoms with Crippen LogP contribution in [0.25, 0.3) is 0 Å². The molecule has 2 N–H and O–H groups in total. The summed E-state index contributed by atoms with van der Waals surface area (Å²) in [5.41, 5.74) is 6.41. The maximum absolute atomic E-state index is 13.7. The summed E-state index contributed by atoms with van der Waals surface area (Å²) >= 11 is 0. The monoisotopic (exact) mass is 250 g/mol. The summed E-state index contributed by atoms with van der Waals surface area (Å²) in [6.45, 7) is 1.97. The van der Waals surface area contributed by atoms with Crippen molar-refractivity contribution in [1.29, 1.82) is 0 Å². The maximum Gasteiger partial charge on any atom is 0.165 e. The first-order valence-corrected chi connectivity index (χ1v) is 5.58. The zero-order valence-corrected chi connectivity index (χ0v) is 10.3. The Kier molecular flexibility index (Phi) is 3.57. The van der Waals surface area contributed by atoms with Crippen molar-refractivity contribution in [2.45, 2.75) is 19.6 Å². The molecule has 0 aliphatic rings. The van der Waals surface area contributed by atoms with Gasteiger partial charge in [0.1, 0.15) is 12.9 Å². The SMILES string of the molecule is C[C@H](N)c1ccc(OCc2ncnn2C)c(F)c1. The van der Waals surface area contributed by atoms with Crippen LogP contribution < -0.4 is 10.5 Å². The highest BCUT2D eigenvalue weighted by Gasteiger charge is 2.08. The smallest absolute Gasteiger partial charge is 0.165 e. The van der Waals surface area contributed by atoms with Crippen LogP contribution in [0.1, 0.15) is 24.4 Å². The molecular weight excluding hydrogens is 235 g/mol. The summed E-state index contributed by atoms with van der Waals surface area (Å²) in [5, 5.41) is 3.90. The summed E-state index contributed by atoms with van der Waals surface area (Å²) in [5.74, 6) is 0.389. The van der Waals surface area contributed by atoms with Crippen LogP contribution >= 0.6 is 0 Å². The van der Waals surface area contributed by atoms with Gasteiger partial charge in [0.2, 0.25) is 0 Å². The fourth-order valence-corrected chi connectivity index (χ4v) is 1.51. The molecule has 5 nitrogen and oxygen atoms in total. The van der Waals surface area contributed by atoms with Crippen molar-refractivity contribution in [1.82, 2.24) is 14.8 Å². The first-order chi connectivity index (χ1) is 8.58. The van der Waals surface area contributed by atoms with Gasteiger partial charge in [-0.3, -0.25) is 4.68 Å². The van der Waals surface area contributed by atoms with Gasteiger partial charge in [-0.2, -0.15) is 5.10 Å². The fraction of sp³-hybridized carbons (Fsp3) is 0.333. The minimum atomic E-state index is -0.424. The van der Waals surface area contributed by atoms with Crippen molar-refractivity contribution < 1.29 is 9.13 Å². The number of aromatic nitrogens is 3. The molecule has 1 atom stereocenters. The summed E-state index contributed by atoms with van der Waals surface area (Å²) in [6.07, 6.45) is 1.42. The lowest BCUT2D eigenvalue weighted by Gasteiger charge is -2.10. The van der Waals surface area contributed by atoms with Gasteiger partial charge in [-0.15, -0.1) is 0 Å². The molecule has 6 heteroatoms. The van der Waals surface area contributed by atoms with Crippen LogP contribution in [0.3, 0.4) is 0 Å². The number of rotatable bonds is 4. The van der Waals surface area contributed by atoms with Gasteiger partial charge in [-0.05, 0) is 24.6 Å². The Labute approximate surface area is 104 Å². The van der Waals surface area contributed by atoms with Crippen LogP contribution in [0.5, 0.6) is 5.75 Å². The molecule has 0 unspecified atom stereocenters. The summed E-state index contributed by atoms with van der Waals surface area (Å²) in [7, 11) is 1.75. The van der Waals surface area contributed by atoms with Crippen molar-refractivity contribution in [3.8, 4) is 5.75 Å². The van der Waals surface area contributed by atoms with E-state index in [9.17, 15) is 4.39 Å². The number of benzene rings is 1. The van der Waals surface area contributed by atoms with E-state index in [1.54, 1.807) is 30.8 Å². The lowest BCUT2D eigenvalue weighted by molar-refractivity contribution is 0.275.